The maximum atomic E-state index is 5.37. The van der Waals surface area contributed by atoms with Crippen LogP contribution in [0.3, 0.4) is 0 Å². The summed E-state index contributed by atoms with van der Waals surface area (Å²) in [5, 5.41) is 0. The van der Waals surface area contributed by atoms with Gasteiger partial charge in [-0.2, -0.15) is 0 Å². The minimum Gasteiger partial charge on any atom is -0.497 e. The summed E-state index contributed by atoms with van der Waals surface area (Å²) in [6, 6.07) is 29.8. The predicted octanol–water partition coefficient (Wildman–Crippen LogP) is 6.39. The van der Waals surface area contributed by atoms with Crippen molar-refractivity contribution in [3.05, 3.63) is 102 Å². The summed E-state index contributed by atoms with van der Waals surface area (Å²) in [6.07, 6.45) is 0. The second kappa shape index (κ2) is 11.6. The van der Waals surface area contributed by atoms with Crippen molar-refractivity contribution in [1.29, 1.82) is 0 Å². The van der Waals surface area contributed by atoms with Crippen LogP contribution in [0, 0.1) is 0 Å². The summed E-state index contributed by atoms with van der Waals surface area (Å²) in [6.45, 7) is 4.71. The SMILES string of the molecule is CC.COCCSC(c1ccccc1)(c1ccccc1)c1ccc(OC)cc1. The van der Waals surface area contributed by atoms with Crippen LogP contribution in [0.15, 0.2) is 84.9 Å². The van der Waals surface area contributed by atoms with Crippen LogP contribution in [0.1, 0.15) is 30.5 Å². The topological polar surface area (TPSA) is 18.5 Å². The summed E-state index contributed by atoms with van der Waals surface area (Å²) in [7, 11) is 3.45. The van der Waals surface area contributed by atoms with E-state index in [9.17, 15) is 0 Å². The standard InChI is InChI=1S/C23H24O2S.C2H6/c1-24-17-18-26-23(19-9-5-3-6-10-19,20-11-7-4-8-12-20)21-13-15-22(25-2)16-14-21;1-2/h3-16H,17-18H2,1-2H3;1-2H3. The van der Waals surface area contributed by atoms with Crippen molar-refractivity contribution < 1.29 is 9.47 Å². The van der Waals surface area contributed by atoms with Crippen LogP contribution in [0.2, 0.25) is 0 Å². The number of methoxy groups -OCH3 is 2. The fraction of sp³-hybridized carbons (Fsp3) is 0.280. The number of thioether (sulfide) groups is 1. The maximum Gasteiger partial charge on any atom is 0.118 e. The fourth-order valence-corrected chi connectivity index (χ4v) is 4.66. The Kier molecular flexibility index (Phi) is 9.12. The van der Waals surface area contributed by atoms with Gasteiger partial charge in [0.1, 0.15) is 5.75 Å². The van der Waals surface area contributed by atoms with E-state index in [4.69, 9.17) is 9.47 Å². The van der Waals surface area contributed by atoms with Crippen LogP contribution in [0.5, 0.6) is 5.75 Å². The first-order valence-electron chi connectivity index (χ1n) is 9.69. The van der Waals surface area contributed by atoms with Crippen molar-refractivity contribution >= 4 is 11.8 Å². The molecular formula is C25H30O2S. The lowest BCUT2D eigenvalue weighted by atomic mass is 9.84. The molecule has 3 aromatic rings. The molecule has 0 unspecified atom stereocenters. The lowest BCUT2D eigenvalue weighted by Crippen LogP contribution is -2.26. The van der Waals surface area contributed by atoms with E-state index in [0.29, 0.717) is 6.61 Å². The minimum atomic E-state index is -0.298. The zero-order valence-electron chi connectivity index (χ0n) is 17.2. The normalized spacial score (nSPS) is 10.7. The molecule has 0 fully saturated rings. The van der Waals surface area contributed by atoms with E-state index in [1.807, 2.05) is 37.7 Å². The van der Waals surface area contributed by atoms with E-state index in [0.717, 1.165) is 11.5 Å². The van der Waals surface area contributed by atoms with Gasteiger partial charge in [-0.1, -0.05) is 86.6 Å². The highest BCUT2D eigenvalue weighted by Crippen LogP contribution is 2.48. The zero-order valence-corrected chi connectivity index (χ0v) is 18.0. The van der Waals surface area contributed by atoms with Gasteiger partial charge in [-0.15, -0.1) is 11.8 Å². The number of hydrogen-bond acceptors (Lipinski definition) is 3. The Morgan fingerprint density at radius 2 is 1.14 bits per heavy atom. The van der Waals surface area contributed by atoms with E-state index in [1.165, 1.54) is 16.7 Å². The van der Waals surface area contributed by atoms with E-state index in [-0.39, 0.29) is 4.75 Å². The molecule has 0 saturated carbocycles. The van der Waals surface area contributed by atoms with Crippen LogP contribution < -0.4 is 4.74 Å². The highest BCUT2D eigenvalue weighted by atomic mass is 32.2. The second-order valence-electron chi connectivity index (χ2n) is 5.98. The van der Waals surface area contributed by atoms with Crippen molar-refractivity contribution in [1.82, 2.24) is 0 Å². The molecule has 28 heavy (non-hydrogen) atoms. The molecule has 2 nitrogen and oxygen atoms in total. The van der Waals surface area contributed by atoms with Crippen LogP contribution in [-0.2, 0) is 9.48 Å². The molecule has 148 valence electrons. The molecule has 0 radical (unpaired) electrons. The highest BCUT2D eigenvalue weighted by molar-refractivity contribution is 8.00. The van der Waals surface area contributed by atoms with E-state index in [1.54, 1.807) is 14.2 Å². The van der Waals surface area contributed by atoms with Crippen molar-refractivity contribution in [2.75, 3.05) is 26.6 Å². The molecule has 0 spiro atoms. The van der Waals surface area contributed by atoms with Gasteiger partial charge in [0.2, 0.25) is 0 Å². The molecular weight excluding hydrogens is 364 g/mol. The summed E-state index contributed by atoms with van der Waals surface area (Å²) < 4.78 is 10.4. The summed E-state index contributed by atoms with van der Waals surface area (Å²) in [5.74, 6) is 1.76. The lowest BCUT2D eigenvalue weighted by molar-refractivity contribution is 0.218. The average molecular weight is 395 g/mol. The molecule has 0 heterocycles. The van der Waals surface area contributed by atoms with Crippen molar-refractivity contribution in [3.8, 4) is 5.75 Å². The number of rotatable bonds is 8. The molecule has 0 atom stereocenters. The number of hydrogen-bond donors (Lipinski definition) is 0. The highest BCUT2D eigenvalue weighted by Gasteiger charge is 2.36. The quantitative estimate of drug-likeness (QED) is 0.326. The van der Waals surface area contributed by atoms with Crippen LogP contribution in [0.4, 0.5) is 0 Å². The zero-order chi connectivity index (χ0) is 20.2. The Labute approximate surface area is 173 Å². The maximum absolute atomic E-state index is 5.37. The van der Waals surface area contributed by atoms with Gasteiger partial charge in [-0.25, -0.2) is 0 Å². The Hall–Kier alpha value is -2.23. The smallest absolute Gasteiger partial charge is 0.118 e. The van der Waals surface area contributed by atoms with Gasteiger partial charge in [-0.05, 0) is 28.8 Å². The molecule has 0 aromatic heterocycles. The van der Waals surface area contributed by atoms with Gasteiger partial charge >= 0.3 is 0 Å². The van der Waals surface area contributed by atoms with Gasteiger partial charge in [0, 0.05) is 12.9 Å². The minimum absolute atomic E-state index is 0.298. The number of benzene rings is 3. The van der Waals surface area contributed by atoms with Crippen LogP contribution >= 0.6 is 11.8 Å². The Morgan fingerprint density at radius 1 is 0.679 bits per heavy atom. The van der Waals surface area contributed by atoms with Gasteiger partial charge in [0.05, 0.1) is 18.5 Å². The Balaban J connectivity index is 0.00000136. The molecule has 0 amide bonds. The first-order chi connectivity index (χ1) is 13.8. The van der Waals surface area contributed by atoms with Gasteiger partial charge in [0.25, 0.3) is 0 Å². The average Bonchev–Trinajstić information content (AvgIpc) is 2.80. The van der Waals surface area contributed by atoms with E-state index < -0.39 is 0 Å². The largest absolute Gasteiger partial charge is 0.497 e. The lowest BCUT2D eigenvalue weighted by Gasteiger charge is -2.35. The predicted molar refractivity (Wildman–Crippen MR) is 121 cm³/mol. The first-order valence-corrected chi connectivity index (χ1v) is 10.7. The van der Waals surface area contributed by atoms with Crippen molar-refractivity contribution in [3.63, 3.8) is 0 Å². The molecule has 3 heteroatoms. The van der Waals surface area contributed by atoms with Crippen LogP contribution in [-0.4, -0.2) is 26.6 Å². The molecule has 0 bridgehead atoms. The molecule has 0 aliphatic carbocycles. The Bertz CT molecular complexity index is 746. The molecule has 3 rings (SSSR count). The van der Waals surface area contributed by atoms with Gasteiger partial charge in [0.15, 0.2) is 0 Å². The third-order valence-corrected chi connectivity index (χ3v) is 5.97. The third kappa shape index (κ3) is 4.98. The van der Waals surface area contributed by atoms with Crippen molar-refractivity contribution in [2.45, 2.75) is 18.6 Å². The molecule has 0 aliphatic heterocycles. The Morgan fingerprint density at radius 3 is 1.57 bits per heavy atom. The fourth-order valence-electron chi connectivity index (χ4n) is 3.20. The van der Waals surface area contributed by atoms with E-state index in [2.05, 4.69) is 72.8 Å². The summed E-state index contributed by atoms with van der Waals surface area (Å²) in [4.78, 5) is 0. The van der Waals surface area contributed by atoms with Gasteiger partial charge in [-0.3, -0.25) is 0 Å². The third-order valence-electron chi connectivity index (χ3n) is 4.46. The molecule has 0 aliphatic rings. The second-order valence-corrected chi connectivity index (χ2v) is 7.29. The van der Waals surface area contributed by atoms with E-state index >= 15 is 0 Å². The van der Waals surface area contributed by atoms with Crippen molar-refractivity contribution in [2.24, 2.45) is 0 Å². The summed E-state index contributed by atoms with van der Waals surface area (Å²) >= 11 is 1.90. The monoisotopic (exact) mass is 394 g/mol. The van der Waals surface area contributed by atoms with Crippen LogP contribution in [0.25, 0.3) is 0 Å². The number of ether oxygens (including phenoxy) is 2. The molecule has 3 aromatic carbocycles. The van der Waals surface area contributed by atoms with Gasteiger partial charge < -0.3 is 9.47 Å². The molecule has 0 N–H and O–H groups in total. The molecule has 0 saturated heterocycles. The first kappa shape index (κ1) is 22.1. The summed E-state index contributed by atoms with van der Waals surface area (Å²) in [5.41, 5.74) is 3.76.